The predicted octanol–water partition coefficient (Wildman–Crippen LogP) is 5.16. The molecule has 5 rings (SSSR count). The molecular weight excluding hydrogens is 436 g/mol. The van der Waals surface area contributed by atoms with Crippen molar-refractivity contribution in [3.8, 4) is 0 Å². The zero-order valence-corrected chi connectivity index (χ0v) is 20.7. The molecule has 0 radical (unpaired) electrons. The van der Waals surface area contributed by atoms with Crippen molar-refractivity contribution < 1.29 is 0 Å². The van der Waals surface area contributed by atoms with Gasteiger partial charge in [0.25, 0.3) is 5.56 Å². The number of pyridine rings is 1. The number of aromatic nitrogens is 5. The Morgan fingerprint density at radius 2 is 1.89 bits per heavy atom. The first-order valence-electron chi connectivity index (χ1n) is 12.8. The predicted molar refractivity (Wildman–Crippen MR) is 138 cm³/mol. The van der Waals surface area contributed by atoms with Gasteiger partial charge in [0.15, 0.2) is 5.82 Å². The van der Waals surface area contributed by atoms with Crippen LogP contribution in [-0.2, 0) is 13.1 Å². The topological polar surface area (TPSA) is 79.7 Å². The normalized spacial score (nSPS) is 15.6. The molecule has 1 aliphatic carbocycles. The van der Waals surface area contributed by atoms with E-state index >= 15 is 0 Å². The maximum Gasteiger partial charge on any atom is 0.252 e. The number of nitrogens with one attached hydrogen (secondary N) is 1. The van der Waals surface area contributed by atoms with Gasteiger partial charge < -0.3 is 4.98 Å². The summed E-state index contributed by atoms with van der Waals surface area (Å²) in [4.78, 5) is 18.7. The SMILES string of the molecule is CCC(c1nnnn1Cc1ccccc1)N(Cc1cc2cc(C)ccc2[nH]c1=O)C1CCCCC1. The van der Waals surface area contributed by atoms with Crippen LogP contribution in [0, 0.1) is 6.92 Å². The van der Waals surface area contributed by atoms with Gasteiger partial charge in [-0.3, -0.25) is 9.69 Å². The van der Waals surface area contributed by atoms with E-state index in [-0.39, 0.29) is 11.6 Å². The Bertz CT molecular complexity index is 1320. The molecule has 0 amide bonds. The Kier molecular flexibility index (Phi) is 7.04. The number of tetrazole rings is 1. The molecule has 1 unspecified atom stereocenters. The van der Waals surface area contributed by atoms with E-state index in [1.54, 1.807) is 0 Å². The Labute approximate surface area is 206 Å². The smallest absolute Gasteiger partial charge is 0.252 e. The molecule has 1 saturated carbocycles. The third-order valence-electron chi connectivity index (χ3n) is 7.29. The van der Waals surface area contributed by atoms with E-state index in [1.165, 1.54) is 30.4 Å². The zero-order valence-electron chi connectivity index (χ0n) is 20.7. The Hall–Kier alpha value is -3.32. The molecule has 2 aromatic heterocycles. The summed E-state index contributed by atoms with van der Waals surface area (Å²) in [5, 5.41) is 14.0. The average Bonchev–Trinajstić information content (AvgIpc) is 3.33. The summed E-state index contributed by atoms with van der Waals surface area (Å²) in [6, 6.07) is 19.0. The van der Waals surface area contributed by atoms with Crippen molar-refractivity contribution in [3.05, 3.63) is 87.5 Å². The van der Waals surface area contributed by atoms with Gasteiger partial charge in [-0.15, -0.1) is 5.10 Å². The first-order valence-corrected chi connectivity index (χ1v) is 12.8. The summed E-state index contributed by atoms with van der Waals surface area (Å²) < 4.78 is 1.92. The van der Waals surface area contributed by atoms with Crippen molar-refractivity contribution in [1.29, 1.82) is 0 Å². The summed E-state index contributed by atoms with van der Waals surface area (Å²) >= 11 is 0. The van der Waals surface area contributed by atoms with E-state index in [0.717, 1.165) is 41.6 Å². The fourth-order valence-electron chi connectivity index (χ4n) is 5.48. The highest BCUT2D eigenvalue weighted by molar-refractivity contribution is 5.79. The monoisotopic (exact) mass is 470 g/mol. The van der Waals surface area contributed by atoms with E-state index in [1.807, 2.05) is 35.0 Å². The number of benzene rings is 2. The third-order valence-corrected chi connectivity index (χ3v) is 7.29. The lowest BCUT2D eigenvalue weighted by atomic mass is 9.92. The summed E-state index contributed by atoms with van der Waals surface area (Å²) in [6.45, 7) is 5.49. The second-order valence-electron chi connectivity index (χ2n) is 9.78. The number of fused-ring (bicyclic) bond motifs is 1. The number of rotatable bonds is 8. The van der Waals surface area contributed by atoms with Gasteiger partial charge in [-0.2, -0.15) is 0 Å². The highest BCUT2D eigenvalue weighted by atomic mass is 16.1. The molecular formula is C28H34N6O. The van der Waals surface area contributed by atoms with Crippen LogP contribution in [0.4, 0.5) is 0 Å². The van der Waals surface area contributed by atoms with Crippen molar-refractivity contribution >= 4 is 10.9 Å². The summed E-state index contributed by atoms with van der Waals surface area (Å²) in [5.74, 6) is 0.870. The summed E-state index contributed by atoms with van der Waals surface area (Å²) in [5.41, 5.74) is 4.02. The van der Waals surface area contributed by atoms with Crippen LogP contribution in [0.5, 0.6) is 0 Å². The van der Waals surface area contributed by atoms with E-state index in [2.05, 4.69) is 63.5 Å². The molecule has 0 spiro atoms. The third kappa shape index (κ3) is 5.20. The highest BCUT2D eigenvalue weighted by Crippen LogP contribution is 2.33. The molecule has 35 heavy (non-hydrogen) atoms. The van der Waals surface area contributed by atoms with Crippen LogP contribution in [0.15, 0.2) is 59.4 Å². The molecule has 0 aliphatic heterocycles. The second-order valence-corrected chi connectivity index (χ2v) is 9.78. The lowest BCUT2D eigenvalue weighted by Gasteiger charge is -2.39. The van der Waals surface area contributed by atoms with Gasteiger partial charge in [0.1, 0.15) is 0 Å². The molecule has 0 bridgehead atoms. The maximum atomic E-state index is 13.1. The van der Waals surface area contributed by atoms with Crippen LogP contribution < -0.4 is 5.56 Å². The molecule has 4 aromatic rings. The van der Waals surface area contributed by atoms with Gasteiger partial charge >= 0.3 is 0 Å². The fraction of sp³-hybridized carbons (Fsp3) is 0.429. The lowest BCUT2D eigenvalue weighted by molar-refractivity contribution is 0.0844. The Morgan fingerprint density at radius 1 is 1.09 bits per heavy atom. The van der Waals surface area contributed by atoms with Crippen LogP contribution >= 0.6 is 0 Å². The number of H-pyrrole nitrogens is 1. The van der Waals surface area contributed by atoms with Crippen LogP contribution in [0.1, 0.15) is 74.0 Å². The number of aryl methyl sites for hydroxylation is 1. The van der Waals surface area contributed by atoms with Crippen molar-refractivity contribution in [1.82, 2.24) is 30.1 Å². The summed E-state index contributed by atoms with van der Waals surface area (Å²) in [6.07, 6.45) is 6.88. The van der Waals surface area contributed by atoms with Crippen molar-refractivity contribution in [2.45, 2.75) is 77.5 Å². The first-order chi connectivity index (χ1) is 17.1. The largest absolute Gasteiger partial charge is 0.322 e. The quantitative estimate of drug-likeness (QED) is 0.385. The molecule has 1 N–H and O–H groups in total. The van der Waals surface area contributed by atoms with Crippen LogP contribution in [0.2, 0.25) is 0 Å². The van der Waals surface area contributed by atoms with Gasteiger partial charge in [-0.05, 0) is 65.8 Å². The minimum absolute atomic E-state index is 0.0131. The molecule has 182 valence electrons. The standard InChI is InChI=1S/C28H34N6O/c1-3-26(27-30-31-32-34(27)18-21-10-6-4-7-11-21)33(24-12-8-5-9-13-24)19-23-17-22-16-20(2)14-15-25(22)29-28(23)35/h4,6-7,10-11,14-17,24,26H,3,5,8-9,12-13,18-19H2,1-2H3,(H,29,35). The van der Waals surface area contributed by atoms with Crippen LogP contribution in [0.25, 0.3) is 10.9 Å². The number of aromatic amines is 1. The molecule has 1 atom stereocenters. The molecule has 7 heteroatoms. The molecule has 2 aromatic carbocycles. The Balaban J connectivity index is 1.51. The lowest BCUT2D eigenvalue weighted by Crippen LogP contribution is -2.41. The fourth-order valence-corrected chi connectivity index (χ4v) is 5.48. The maximum absolute atomic E-state index is 13.1. The van der Waals surface area contributed by atoms with Crippen LogP contribution in [0.3, 0.4) is 0 Å². The second kappa shape index (κ2) is 10.5. The van der Waals surface area contributed by atoms with Crippen molar-refractivity contribution in [3.63, 3.8) is 0 Å². The van der Waals surface area contributed by atoms with E-state index < -0.39 is 0 Å². The molecule has 7 nitrogen and oxygen atoms in total. The van der Waals surface area contributed by atoms with E-state index in [4.69, 9.17) is 0 Å². The van der Waals surface area contributed by atoms with Crippen molar-refractivity contribution in [2.75, 3.05) is 0 Å². The number of hydrogen-bond acceptors (Lipinski definition) is 5. The van der Waals surface area contributed by atoms with Gasteiger partial charge in [0, 0.05) is 23.7 Å². The van der Waals surface area contributed by atoms with E-state index in [0.29, 0.717) is 19.1 Å². The molecule has 1 aliphatic rings. The van der Waals surface area contributed by atoms with Crippen molar-refractivity contribution in [2.24, 2.45) is 0 Å². The van der Waals surface area contributed by atoms with Gasteiger partial charge in [0.2, 0.25) is 0 Å². The molecule has 1 fully saturated rings. The minimum atomic E-state index is -0.0131. The van der Waals surface area contributed by atoms with Gasteiger partial charge in [-0.1, -0.05) is 68.1 Å². The number of hydrogen-bond donors (Lipinski definition) is 1. The summed E-state index contributed by atoms with van der Waals surface area (Å²) in [7, 11) is 0. The van der Waals surface area contributed by atoms with Gasteiger partial charge in [0.05, 0.1) is 12.6 Å². The zero-order chi connectivity index (χ0) is 24.2. The average molecular weight is 471 g/mol. The van der Waals surface area contributed by atoms with Crippen LogP contribution in [-0.4, -0.2) is 36.1 Å². The Morgan fingerprint density at radius 3 is 2.66 bits per heavy atom. The minimum Gasteiger partial charge on any atom is -0.322 e. The first kappa shape index (κ1) is 23.4. The van der Waals surface area contributed by atoms with E-state index in [9.17, 15) is 4.79 Å². The highest BCUT2D eigenvalue weighted by Gasteiger charge is 2.32. The molecule has 0 saturated heterocycles. The number of nitrogens with zero attached hydrogens (tertiary/aromatic N) is 5. The molecule has 2 heterocycles. The van der Waals surface area contributed by atoms with Gasteiger partial charge in [-0.25, -0.2) is 4.68 Å².